The molecule has 12 heteroatoms. The molecular weight excluding hydrogens is 672 g/mol. The van der Waals surface area contributed by atoms with Gasteiger partial charge in [0.1, 0.15) is 5.58 Å². The largest absolute Gasteiger partial charge is 0.493 e. The second kappa shape index (κ2) is 12.1. The molecule has 0 saturated carbocycles. The molecule has 42 heavy (non-hydrogen) atoms. The molecule has 0 atom stereocenters. The molecule has 1 amide bonds. The zero-order chi connectivity index (χ0) is 29.2. The molecule has 0 aliphatic carbocycles. The number of hydrogen-bond donors (Lipinski definition) is 0. The molecule has 214 valence electrons. The number of halogens is 2. The molecule has 0 spiro atoms. The number of para-hydroxylation sites is 2. The van der Waals surface area contributed by atoms with Crippen LogP contribution in [0.15, 0.2) is 83.9 Å². The lowest BCUT2D eigenvalue weighted by atomic mass is 10.2. The van der Waals surface area contributed by atoms with E-state index in [-0.39, 0.29) is 23.9 Å². The summed E-state index contributed by atoms with van der Waals surface area (Å²) in [6.45, 7) is 1.91. The Kier molecular flexibility index (Phi) is 8.09. The van der Waals surface area contributed by atoms with E-state index in [4.69, 9.17) is 23.6 Å². The van der Waals surface area contributed by atoms with Crippen molar-refractivity contribution in [1.82, 2.24) is 14.6 Å². The Morgan fingerprint density at radius 2 is 1.83 bits per heavy atom. The van der Waals surface area contributed by atoms with Gasteiger partial charge in [0.2, 0.25) is 5.82 Å². The third-order valence-electron chi connectivity index (χ3n) is 6.79. The minimum absolute atomic E-state index is 0.143. The van der Waals surface area contributed by atoms with E-state index in [1.54, 1.807) is 29.2 Å². The van der Waals surface area contributed by atoms with Gasteiger partial charge in [0.25, 0.3) is 11.5 Å². The summed E-state index contributed by atoms with van der Waals surface area (Å²) in [4.78, 5) is 32.7. The predicted octanol–water partition coefficient (Wildman–Crippen LogP) is 5.46. The van der Waals surface area contributed by atoms with Crippen molar-refractivity contribution in [3.05, 3.63) is 85.5 Å². The van der Waals surface area contributed by atoms with E-state index in [2.05, 4.69) is 37.0 Å². The van der Waals surface area contributed by atoms with Gasteiger partial charge in [-0.3, -0.25) is 9.59 Å². The molecule has 10 nitrogen and oxygen atoms in total. The van der Waals surface area contributed by atoms with Crippen LogP contribution in [0.1, 0.15) is 5.56 Å². The molecule has 6 rings (SSSR count). The maximum atomic E-state index is 13.6. The lowest BCUT2D eigenvalue weighted by molar-refractivity contribution is -0.137. The van der Waals surface area contributed by atoms with Crippen LogP contribution in [0.4, 0.5) is 0 Å². The third kappa shape index (κ3) is 5.44. The smallest absolute Gasteiger partial charge is 0.282 e. The molecule has 1 saturated heterocycles. The Morgan fingerprint density at radius 1 is 1.07 bits per heavy atom. The number of benzene rings is 3. The van der Waals surface area contributed by atoms with Crippen LogP contribution in [-0.2, 0) is 9.53 Å². The number of fused-ring (bicyclic) bond motifs is 2. The SMILES string of the molecule is COc1cc(C=Nn2c(-c3cc4ccccc4o3)nc3ccccc3c2=O)c(Br)c(Br)c1OCC(=O)N1CCOCC1. The lowest BCUT2D eigenvalue weighted by Gasteiger charge is -2.27. The highest BCUT2D eigenvalue weighted by Gasteiger charge is 2.22. The average molecular weight is 696 g/mol. The standard InChI is InChI=1S/C30H24Br2N4O6/c1-39-23-15-19(26(31)27(32)28(23)41-17-25(37)35-10-12-40-13-11-35)16-33-36-29(24-14-18-6-2-5-9-22(18)42-24)34-21-8-4-3-7-20(21)30(36)38/h2-9,14-16H,10-13,17H2,1H3. The normalized spacial score (nSPS) is 13.7. The van der Waals surface area contributed by atoms with Gasteiger partial charge in [-0.25, -0.2) is 4.98 Å². The second-order valence-electron chi connectivity index (χ2n) is 9.37. The third-order valence-corrected chi connectivity index (χ3v) is 8.93. The summed E-state index contributed by atoms with van der Waals surface area (Å²) < 4.78 is 25.2. The number of furan rings is 1. The van der Waals surface area contributed by atoms with E-state index < -0.39 is 0 Å². The maximum absolute atomic E-state index is 13.6. The van der Waals surface area contributed by atoms with Gasteiger partial charge < -0.3 is 23.5 Å². The summed E-state index contributed by atoms with van der Waals surface area (Å²) in [6.07, 6.45) is 1.52. The molecule has 1 aliphatic rings. The summed E-state index contributed by atoms with van der Waals surface area (Å²) in [5, 5.41) is 5.85. The zero-order valence-corrected chi connectivity index (χ0v) is 25.6. The monoisotopic (exact) mass is 694 g/mol. The summed E-state index contributed by atoms with van der Waals surface area (Å²) in [7, 11) is 1.50. The van der Waals surface area contributed by atoms with E-state index in [1.165, 1.54) is 18.0 Å². The first-order valence-corrected chi connectivity index (χ1v) is 14.6. The first kappa shape index (κ1) is 28.1. The van der Waals surface area contributed by atoms with Crippen LogP contribution >= 0.6 is 31.9 Å². The summed E-state index contributed by atoms with van der Waals surface area (Å²) in [5.74, 6) is 1.26. The number of nitrogens with zero attached hydrogens (tertiary/aromatic N) is 4. The van der Waals surface area contributed by atoms with Gasteiger partial charge in [-0.05, 0) is 62.2 Å². The number of rotatable bonds is 7. The number of aromatic nitrogens is 2. The van der Waals surface area contributed by atoms with Crippen LogP contribution in [0.3, 0.4) is 0 Å². The average Bonchev–Trinajstić information content (AvgIpc) is 3.46. The van der Waals surface area contributed by atoms with Crippen molar-refractivity contribution in [2.75, 3.05) is 40.0 Å². The Balaban J connectivity index is 1.37. The van der Waals surface area contributed by atoms with Crippen LogP contribution in [0.25, 0.3) is 33.5 Å². The van der Waals surface area contributed by atoms with Crippen molar-refractivity contribution in [3.63, 3.8) is 0 Å². The Bertz CT molecular complexity index is 1860. The van der Waals surface area contributed by atoms with E-state index >= 15 is 0 Å². The molecule has 0 unspecified atom stereocenters. The van der Waals surface area contributed by atoms with Crippen LogP contribution < -0.4 is 15.0 Å². The number of carbonyl (C=O) groups is 1. The quantitative estimate of drug-likeness (QED) is 0.208. The van der Waals surface area contributed by atoms with Crippen molar-refractivity contribution in [2.24, 2.45) is 5.10 Å². The van der Waals surface area contributed by atoms with Crippen molar-refractivity contribution in [2.45, 2.75) is 0 Å². The summed E-state index contributed by atoms with van der Waals surface area (Å²) in [6, 6.07) is 18.2. The Hall–Kier alpha value is -4.00. The van der Waals surface area contributed by atoms with Crippen LogP contribution in [-0.4, -0.2) is 66.7 Å². The number of methoxy groups -OCH3 is 1. The van der Waals surface area contributed by atoms with Crippen molar-refractivity contribution < 1.29 is 23.4 Å². The lowest BCUT2D eigenvalue weighted by Crippen LogP contribution is -2.43. The van der Waals surface area contributed by atoms with Gasteiger partial charge in [0.05, 0.1) is 41.9 Å². The van der Waals surface area contributed by atoms with E-state index in [0.717, 1.165) is 5.39 Å². The van der Waals surface area contributed by atoms with Gasteiger partial charge in [-0.1, -0.05) is 30.3 Å². The molecule has 0 radical (unpaired) electrons. The fraction of sp³-hybridized carbons (Fsp3) is 0.200. The molecular formula is C30H24Br2N4O6. The van der Waals surface area contributed by atoms with Crippen molar-refractivity contribution >= 4 is 65.9 Å². The first-order chi connectivity index (χ1) is 20.4. The Labute approximate surface area is 256 Å². The number of ether oxygens (including phenoxy) is 3. The fourth-order valence-corrected chi connectivity index (χ4v) is 5.56. The summed E-state index contributed by atoms with van der Waals surface area (Å²) in [5.41, 5.74) is 1.44. The van der Waals surface area contributed by atoms with Gasteiger partial charge in [-0.2, -0.15) is 9.78 Å². The van der Waals surface area contributed by atoms with Crippen LogP contribution in [0, 0.1) is 0 Å². The molecule has 3 aromatic carbocycles. The first-order valence-electron chi connectivity index (χ1n) is 13.0. The fourth-order valence-electron chi connectivity index (χ4n) is 4.63. The highest BCUT2D eigenvalue weighted by molar-refractivity contribution is 9.13. The molecule has 1 aliphatic heterocycles. The molecule has 2 aromatic heterocycles. The van der Waals surface area contributed by atoms with Crippen molar-refractivity contribution in [1.29, 1.82) is 0 Å². The highest BCUT2D eigenvalue weighted by atomic mass is 79.9. The number of carbonyl (C=O) groups excluding carboxylic acids is 1. The van der Waals surface area contributed by atoms with Gasteiger partial charge in [0.15, 0.2) is 23.9 Å². The molecule has 0 N–H and O–H groups in total. The maximum Gasteiger partial charge on any atom is 0.282 e. The zero-order valence-electron chi connectivity index (χ0n) is 22.4. The Morgan fingerprint density at radius 3 is 2.62 bits per heavy atom. The molecule has 3 heterocycles. The number of morpholine rings is 1. The summed E-state index contributed by atoms with van der Waals surface area (Å²) >= 11 is 7.15. The molecule has 1 fully saturated rings. The van der Waals surface area contributed by atoms with Crippen LogP contribution in [0.2, 0.25) is 0 Å². The molecule has 0 bridgehead atoms. The van der Waals surface area contributed by atoms with Gasteiger partial charge in [-0.15, -0.1) is 0 Å². The predicted molar refractivity (Wildman–Crippen MR) is 165 cm³/mol. The minimum Gasteiger partial charge on any atom is -0.493 e. The van der Waals surface area contributed by atoms with Crippen LogP contribution in [0.5, 0.6) is 11.5 Å². The number of amides is 1. The molecule has 5 aromatic rings. The second-order valence-corrected chi connectivity index (χ2v) is 11.0. The van der Waals surface area contributed by atoms with E-state index in [9.17, 15) is 9.59 Å². The van der Waals surface area contributed by atoms with Gasteiger partial charge >= 0.3 is 0 Å². The highest BCUT2D eigenvalue weighted by Crippen LogP contribution is 2.42. The minimum atomic E-state index is -0.351. The topological polar surface area (TPSA) is 108 Å². The number of hydrogen-bond acceptors (Lipinski definition) is 8. The van der Waals surface area contributed by atoms with E-state index in [1.807, 2.05) is 36.4 Å². The van der Waals surface area contributed by atoms with Crippen molar-refractivity contribution in [3.8, 4) is 23.1 Å². The van der Waals surface area contributed by atoms with Gasteiger partial charge in [0, 0.05) is 28.5 Å². The van der Waals surface area contributed by atoms with E-state index in [0.29, 0.717) is 74.6 Å².